The predicted molar refractivity (Wildman–Crippen MR) is 81.2 cm³/mol. The number of rotatable bonds is 6. The molecule has 0 saturated carbocycles. The third-order valence-electron chi connectivity index (χ3n) is 2.74. The number of aliphatic hydroxyl groups excluding tert-OH is 1. The molecule has 2 rings (SSSR count). The van der Waals surface area contributed by atoms with Crippen LogP contribution >= 0.6 is 22.9 Å². The van der Waals surface area contributed by atoms with E-state index in [1.165, 1.54) is 11.3 Å². The Kier molecular flexibility index (Phi) is 5.01. The van der Waals surface area contributed by atoms with E-state index in [0.29, 0.717) is 11.0 Å². The van der Waals surface area contributed by atoms with Gasteiger partial charge in [-0.15, -0.1) is 11.3 Å². The number of aliphatic hydroxyl groups is 1. The van der Waals surface area contributed by atoms with Gasteiger partial charge >= 0.3 is 0 Å². The number of halogens is 1. The molecule has 0 amide bonds. The quantitative estimate of drug-likeness (QED) is 0.861. The van der Waals surface area contributed by atoms with E-state index in [0.717, 1.165) is 22.8 Å². The zero-order chi connectivity index (χ0) is 13.7. The van der Waals surface area contributed by atoms with Gasteiger partial charge in [0.25, 0.3) is 0 Å². The van der Waals surface area contributed by atoms with E-state index in [2.05, 4.69) is 10.3 Å². The molecule has 0 spiro atoms. The van der Waals surface area contributed by atoms with Gasteiger partial charge in [0.2, 0.25) is 0 Å². The molecular weight excluding hydrogens is 282 g/mol. The summed E-state index contributed by atoms with van der Waals surface area (Å²) in [6, 6.07) is 8.09. The van der Waals surface area contributed by atoms with Crippen LogP contribution in [0.4, 0.5) is 11.4 Å². The minimum absolute atomic E-state index is 0.155. The van der Waals surface area contributed by atoms with Crippen molar-refractivity contribution in [2.24, 2.45) is 0 Å². The smallest absolute Gasteiger partial charge is 0.183 e. The van der Waals surface area contributed by atoms with Crippen molar-refractivity contribution in [1.82, 2.24) is 4.98 Å². The van der Waals surface area contributed by atoms with Gasteiger partial charge in [0.05, 0.1) is 13.2 Å². The number of hydrogen-bond donors (Lipinski definition) is 2. The molecule has 2 N–H and O–H groups in total. The van der Waals surface area contributed by atoms with Crippen LogP contribution in [0.1, 0.15) is 4.88 Å². The largest absolute Gasteiger partial charge is 0.395 e. The average Bonchev–Trinajstić information content (AvgIpc) is 2.83. The Labute approximate surface area is 121 Å². The Morgan fingerprint density at radius 3 is 2.68 bits per heavy atom. The molecule has 19 heavy (non-hydrogen) atoms. The summed E-state index contributed by atoms with van der Waals surface area (Å²) >= 11 is 7.26. The third kappa shape index (κ3) is 4.09. The molecule has 0 bridgehead atoms. The average molecular weight is 298 g/mol. The summed E-state index contributed by atoms with van der Waals surface area (Å²) in [6.07, 6.45) is 1.78. The number of likely N-dealkylation sites (N-methyl/N-ethyl adjacent to an activating group) is 1. The molecule has 1 aromatic heterocycles. The van der Waals surface area contributed by atoms with Crippen LogP contribution in [-0.2, 0) is 6.54 Å². The van der Waals surface area contributed by atoms with Crippen molar-refractivity contribution in [3.05, 3.63) is 39.8 Å². The molecule has 0 atom stereocenters. The molecule has 0 fully saturated rings. The van der Waals surface area contributed by atoms with Gasteiger partial charge in [-0.05, 0) is 24.3 Å². The van der Waals surface area contributed by atoms with Gasteiger partial charge in [-0.1, -0.05) is 11.6 Å². The minimum atomic E-state index is 0.155. The van der Waals surface area contributed by atoms with Crippen LogP contribution in [0.5, 0.6) is 0 Å². The van der Waals surface area contributed by atoms with Gasteiger partial charge in [0.15, 0.2) is 4.47 Å². The summed E-state index contributed by atoms with van der Waals surface area (Å²) < 4.78 is 0.567. The summed E-state index contributed by atoms with van der Waals surface area (Å²) in [7, 11) is 1.96. The first kappa shape index (κ1) is 14.1. The molecule has 0 radical (unpaired) electrons. The summed E-state index contributed by atoms with van der Waals surface area (Å²) in [4.78, 5) is 7.11. The van der Waals surface area contributed by atoms with Crippen LogP contribution in [0.2, 0.25) is 4.47 Å². The van der Waals surface area contributed by atoms with Crippen molar-refractivity contribution >= 4 is 34.3 Å². The lowest BCUT2D eigenvalue weighted by molar-refractivity contribution is 0.304. The normalized spacial score (nSPS) is 10.5. The number of hydrogen-bond acceptors (Lipinski definition) is 5. The zero-order valence-electron chi connectivity index (χ0n) is 10.6. The van der Waals surface area contributed by atoms with E-state index >= 15 is 0 Å². The second kappa shape index (κ2) is 6.75. The Hall–Kier alpha value is -1.30. The molecule has 0 aliphatic heterocycles. The Balaban J connectivity index is 1.91. The molecule has 0 saturated heterocycles. The molecule has 0 aliphatic rings. The lowest BCUT2D eigenvalue weighted by Crippen LogP contribution is -2.20. The Morgan fingerprint density at radius 2 is 2.11 bits per heavy atom. The fourth-order valence-corrected chi connectivity index (χ4v) is 2.58. The molecule has 2 aromatic rings. The highest BCUT2D eigenvalue weighted by molar-refractivity contribution is 7.15. The van der Waals surface area contributed by atoms with Crippen LogP contribution in [-0.4, -0.2) is 30.3 Å². The van der Waals surface area contributed by atoms with Gasteiger partial charge in [-0.25, -0.2) is 4.98 Å². The van der Waals surface area contributed by atoms with Crippen molar-refractivity contribution < 1.29 is 5.11 Å². The number of nitrogens with one attached hydrogen (secondary N) is 1. The highest BCUT2D eigenvalue weighted by Gasteiger charge is 2.01. The predicted octanol–water partition coefficient (Wildman–Crippen LogP) is 2.84. The molecule has 102 valence electrons. The van der Waals surface area contributed by atoms with Gasteiger partial charge in [-0.2, -0.15) is 0 Å². The number of aromatic nitrogens is 1. The van der Waals surface area contributed by atoms with Crippen LogP contribution < -0.4 is 10.2 Å². The second-order valence-corrected chi connectivity index (χ2v) is 5.82. The molecule has 6 heteroatoms. The van der Waals surface area contributed by atoms with Crippen LogP contribution in [0, 0.1) is 0 Å². The molecule has 0 unspecified atom stereocenters. The summed E-state index contributed by atoms with van der Waals surface area (Å²) in [6.45, 7) is 1.50. The van der Waals surface area contributed by atoms with E-state index < -0.39 is 0 Å². The molecule has 1 aromatic carbocycles. The SMILES string of the molecule is CN(CCO)c1ccc(NCc2cnc(Cl)s2)cc1. The molecular formula is C13H16ClN3OS. The fraction of sp³-hybridized carbons (Fsp3) is 0.308. The molecule has 4 nitrogen and oxygen atoms in total. The van der Waals surface area contributed by atoms with Crippen molar-refractivity contribution in [2.45, 2.75) is 6.54 Å². The summed E-state index contributed by atoms with van der Waals surface area (Å²) in [5.74, 6) is 0. The molecule has 1 heterocycles. The highest BCUT2D eigenvalue weighted by Crippen LogP contribution is 2.20. The van der Waals surface area contributed by atoms with Crippen molar-refractivity contribution in [1.29, 1.82) is 0 Å². The standard InChI is InChI=1S/C13H16ClN3OS/c1-17(6-7-18)11-4-2-10(3-5-11)15-8-12-9-16-13(14)19-12/h2-5,9,15,18H,6-8H2,1H3. The van der Waals surface area contributed by atoms with Gasteiger partial charge in [-0.3, -0.25) is 0 Å². The van der Waals surface area contributed by atoms with Crippen molar-refractivity contribution in [3.8, 4) is 0 Å². The van der Waals surface area contributed by atoms with Gasteiger partial charge < -0.3 is 15.3 Å². The minimum Gasteiger partial charge on any atom is -0.395 e. The lowest BCUT2D eigenvalue weighted by Gasteiger charge is -2.18. The maximum absolute atomic E-state index is 8.90. The van der Waals surface area contributed by atoms with E-state index in [4.69, 9.17) is 16.7 Å². The number of thiazole rings is 1. The Morgan fingerprint density at radius 1 is 1.37 bits per heavy atom. The topological polar surface area (TPSA) is 48.4 Å². The first-order valence-corrected chi connectivity index (χ1v) is 7.14. The van der Waals surface area contributed by atoms with Crippen LogP contribution in [0.15, 0.2) is 30.5 Å². The van der Waals surface area contributed by atoms with Gasteiger partial charge in [0.1, 0.15) is 0 Å². The number of anilines is 2. The van der Waals surface area contributed by atoms with E-state index in [9.17, 15) is 0 Å². The fourth-order valence-electron chi connectivity index (χ4n) is 1.67. The molecule has 0 aliphatic carbocycles. The van der Waals surface area contributed by atoms with Crippen molar-refractivity contribution in [3.63, 3.8) is 0 Å². The monoisotopic (exact) mass is 297 g/mol. The first-order chi connectivity index (χ1) is 9.19. The summed E-state index contributed by atoms with van der Waals surface area (Å²) in [5, 5.41) is 12.2. The van der Waals surface area contributed by atoms with E-state index in [1.807, 2.05) is 36.2 Å². The van der Waals surface area contributed by atoms with E-state index in [1.54, 1.807) is 6.20 Å². The maximum atomic E-state index is 8.90. The summed E-state index contributed by atoms with van der Waals surface area (Å²) in [5.41, 5.74) is 2.13. The Bertz CT molecular complexity index is 515. The van der Waals surface area contributed by atoms with Crippen LogP contribution in [0.25, 0.3) is 0 Å². The van der Waals surface area contributed by atoms with Crippen LogP contribution in [0.3, 0.4) is 0 Å². The first-order valence-electron chi connectivity index (χ1n) is 5.95. The number of nitrogens with zero attached hydrogens (tertiary/aromatic N) is 2. The maximum Gasteiger partial charge on any atom is 0.183 e. The van der Waals surface area contributed by atoms with E-state index in [-0.39, 0.29) is 6.61 Å². The van der Waals surface area contributed by atoms with Crippen molar-refractivity contribution in [2.75, 3.05) is 30.4 Å². The third-order valence-corrected chi connectivity index (χ3v) is 3.85. The second-order valence-electron chi connectivity index (χ2n) is 4.13. The highest BCUT2D eigenvalue weighted by atomic mass is 35.5. The van der Waals surface area contributed by atoms with Gasteiger partial charge in [0, 0.05) is 36.0 Å². The lowest BCUT2D eigenvalue weighted by atomic mass is 10.2. The number of benzene rings is 1. The zero-order valence-corrected chi connectivity index (χ0v) is 12.2.